The lowest BCUT2D eigenvalue weighted by molar-refractivity contribution is -0.131. The van der Waals surface area contributed by atoms with Crippen LogP contribution in [-0.4, -0.2) is 36.3 Å². The molecule has 0 unspecified atom stereocenters. The summed E-state index contributed by atoms with van der Waals surface area (Å²) in [6, 6.07) is 3.59. The molecule has 0 saturated carbocycles. The minimum atomic E-state index is -0.985. The molecular formula is C15H19BrO4S. The lowest BCUT2D eigenvalue weighted by atomic mass is 10.2. The van der Waals surface area contributed by atoms with E-state index in [1.165, 1.54) is 6.08 Å². The van der Waals surface area contributed by atoms with E-state index in [4.69, 9.17) is 14.6 Å². The van der Waals surface area contributed by atoms with Crippen LogP contribution in [0.25, 0.3) is 6.08 Å². The van der Waals surface area contributed by atoms with E-state index >= 15 is 0 Å². The van der Waals surface area contributed by atoms with Crippen LogP contribution in [0.1, 0.15) is 18.9 Å². The molecule has 4 nitrogen and oxygen atoms in total. The largest absolute Gasteiger partial charge is 0.490 e. The SMILES string of the molecule is CCOc1cc(/C=C/C(=O)O)cc(Br)c1OCCCSC. The highest BCUT2D eigenvalue weighted by atomic mass is 79.9. The van der Waals surface area contributed by atoms with Gasteiger partial charge in [0.05, 0.1) is 17.7 Å². The molecule has 0 saturated heterocycles. The van der Waals surface area contributed by atoms with Crippen molar-refractivity contribution in [3.05, 3.63) is 28.2 Å². The van der Waals surface area contributed by atoms with Gasteiger partial charge in [-0.25, -0.2) is 4.79 Å². The molecule has 0 fully saturated rings. The molecule has 6 heteroatoms. The summed E-state index contributed by atoms with van der Waals surface area (Å²) in [4.78, 5) is 10.6. The summed E-state index contributed by atoms with van der Waals surface area (Å²) in [6.45, 7) is 3.02. The van der Waals surface area contributed by atoms with Crippen LogP contribution in [0.3, 0.4) is 0 Å². The molecule has 0 atom stereocenters. The van der Waals surface area contributed by atoms with E-state index in [1.54, 1.807) is 17.8 Å². The zero-order valence-corrected chi connectivity index (χ0v) is 14.5. The number of ether oxygens (including phenoxy) is 2. The topological polar surface area (TPSA) is 55.8 Å². The fourth-order valence-corrected chi connectivity index (χ4v) is 2.61. The summed E-state index contributed by atoms with van der Waals surface area (Å²) in [5.41, 5.74) is 0.740. The third kappa shape index (κ3) is 6.44. The molecule has 0 aliphatic carbocycles. The number of halogens is 1. The molecule has 0 heterocycles. The Labute approximate surface area is 137 Å². The van der Waals surface area contributed by atoms with Gasteiger partial charge in [0, 0.05) is 6.08 Å². The zero-order chi connectivity index (χ0) is 15.7. The zero-order valence-electron chi connectivity index (χ0n) is 12.1. The van der Waals surface area contributed by atoms with Crippen LogP contribution in [0, 0.1) is 0 Å². The van der Waals surface area contributed by atoms with Crippen molar-refractivity contribution in [2.45, 2.75) is 13.3 Å². The minimum absolute atomic E-state index is 0.514. The van der Waals surface area contributed by atoms with Gasteiger partial charge < -0.3 is 14.6 Å². The van der Waals surface area contributed by atoms with E-state index in [1.807, 2.05) is 13.0 Å². The standard InChI is InChI=1S/C15H19BrO4S/c1-3-19-13-10-11(5-6-14(17)18)9-12(16)15(13)20-7-4-8-21-2/h5-6,9-10H,3-4,7-8H2,1-2H3,(H,17,18)/b6-5+. The number of hydrogen-bond donors (Lipinski definition) is 1. The molecule has 1 N–H and O–H groups in total. The van der Waals surface area contributed by atoms with Gasteiger partial charge in [-0.15, -0.1) is 0 Å². The van der Waals surface area contributed by atoms with Crippen LogP contribution in [0.4, 0.5) is 0 Å². The molecule has 21 heavy (non-hydrogen) atoms. The smallest absolute Gasteiger partial charge is 0.328 e. The van der Waals surface area contributed by atoms with Gasteiger partial charge in [-0.1, -0.05) is 0 Å². The maximum atomic E-state index is 10.6. The second-order valence-electron chi connectivity index (χ2n) is 4.13. The van der Waals surface area contributed by atoms with Gasteiger partial charge in [0.25, 0.3) is 0 Å². The van der Waals surface area contributed by atoms with Crippen molar-refractivity contribution in [2.75, 3.05) is 25.2 Å². The van der Waals surface area contributed by atoms with Crippen LogP contribution >= 0.6 is 27.7 Å². The van der Waals surface area contributed by atoms with Crippen LogP contribution in [0.2, 0.25) is 0 Å². The molecular weight excluding hydrogens is 356 g/mol. The van der Waals surface area contributed by atoms with Gasteiger partial charge in [-0.05, 0) is 65.1 Å². The highest BCUT2D eigenvalue weighted by Gasteiger charge is 2.11. The first kappa shape index (κ1) is 17.9. The fraction of sp³-hybridized carbons (Fsp3) is 0.400. The van der Waals surface area contributed by atoms with Crippen molar-refractivity contribution in [3.63, 3.8) is 0 Å². The predicted octanol–water partition coefficient (Wildman–Crippen LogP) is 4.08. The Kier molecular flexibility index (Phi) is 8.30. The second-order valence-corrected chi connectivity index (χ2v) is 5.97. The Bertz CT molecular complexity index is 503. The molecule has 0 amide bonds. The van der Waals surface area contributed by atoms with Gasteiger partial charge in [0.15, 0.2) is 11.5 Å². The van der Waals surface area contributed by atoms with Crippen molar-refractivity contribution < 1.29 is 19.4 Å². The second kappa shape index (κ2) is 9.73. The van der Waals surface area contributed by atoms with Crippen molar-refractivity contribution in [3.8, 4) is 11.5 Å². The molecule has 0 radical (unpaired) electrons. The molecule has 0 bridgehead atoms. The van der Waals surface area contributed by atoms with Crippen LogP contribution < -0.4 is 9.47 Å². The number of carboxylic acids is 1. The Morgan fingerprint density at radius 2 is 2.19 bits per heavy atom. The summed E-state index contributed by atoms with van der Waals surface area (Å²) >= 11 is 5.23. The Morgan fingerprint density at radius 3 is 2.81 bits per heavy atom. The average Bonchev–Trinajstić information content (AvgIpc) is 2.43. The first-order valence-corrected chi connectivity index (χ1v) is 8.76. The van der Waals surface area contributed by atoms with E-state index in [0.717, 1.165) is 28.3 Å². The molecule has 0 aliphatic heterocycles. The number of carbonyl (C=O) groups is 1. The number of carboxylic acid groups (broad SMARTS) is 1. The lowest BCUT2D eigenvalue weighted by Crippen LogP contribution is -2.03. The van der Waals surface area contributed by atoms with E-state index in [2.05, 4.69) is 22.2 Å². The number of aliphatic carboxylic acids is 1. The average molecular weight is 375 g/mol. The van der Waals surface area contributed by atoms with Crippen LogP contribution in [0.5, 0.6) is 11.5 Å². The number of benzene rings is 1. The molecule has 0 aliphatic rings. The third-order valence-corrected chi connectivity index (χ3v) is 3.78. The van der Waals surface area contributed by atoms with E-state index < -0.39 is 5.97 Å². The van der Waals surface area contributed by atoms with E-state index in [9.17, 15) is 4.79 Å². The maximum absolute atomic E-state index is 10.6. The van der Waals surface area contributed by atoms with E-state index in [-0.39, 0.29) is 0 Å². The number of rotatable bonds is 9. The Hall–Kier alpha value is -1.14. The first-order valence-electron chi connectivity index (χ1n) is 6.57. The van der Waals surface area contributed by atoms with Gasteiger partial charge in [0.2, 0.25) is 0 Å². The molecule has 0 aromatic heterocycles. The molecule has 1 rings (SSSR count). The molecule has 0 spiro atoms. The van der Waals surface area contributed by atoms with Crippen molar-refractivity contribution >= 4 is 39.7 Å². The summed E-state index contributed by atoms with van der Waals surface area (Å²) in [5.74, 6) is 1.33. The predicted molar refractivity (Wildman–Crippen MR) is 90.5 cm³/mol. The van der Waals surface area contributed by atoms with Crippen molar-refractivity contribution in [1.82, 2.24) is 0 Å². The maximum Gasteiger partial charge on any atom is 0.328 e. The Morgan fingerprint density at radius 1 is 1.43 bits per heavy atom. The highest BCUT2D eigenvalue weighted by Crippen LogP contribution is 2.37. The first-order chi connectivity index (χ1) is 10.1. The summed E-state index contributed by atoms with van der Waals surface area (Å²) in [5, 5.41) is 8.68. The van der Waals surface area contributed by atoms with Gasteiger partial charge >= 0.3 is 5.97 Å². The molecule has 1 aromatic carbocycles. The molecule has 116 valence electrons. The van der Waals surface area contributed by atoms with Crippen molar-refractivity contribution in [2.24, 2.45) is 0 Å². The summed E-state index contributed by atoms with van der Waals surface area (Å²) in [7, 11) is 0. The number of hydrogen-bond acceptors (Lipinski definition) is 4. The van der Waals surface area contributed by atoms with E-state index in [0.29, 0.717) is 24.7 Å². The summed E-state index contributed by atoms with van der Waals surface area (Å²) in [6.07, 6.45) is 5.63. The van der Waals surface area contributed by atoms with Crippen molar-refractivity contribution in [1.29, 1.82) is 0 Å². The summed E-state index contributed by atoms with van der Waals surface area (Å²) < 4.78 is 12.1. The van der Waals surface area contributed by atoms with Crippen LogP contribution in [-0.2, 0) is 4.79 Å². The number of thioether (sulfide) groups is 1. The minimum Gasteiger partial charge on any atom is -0.490 e. The van der Waals surface area contributed by atoms with Gasteiger partial charge in [0.1, 0.15) is 0 Å². The normalized spacial score (nSPS) is 10.8. The van der Waals surface area contributed by atoms with Gasteiger partial charge in [-0.3, -0.25) is 0 Å². The lowest BCUT2D eigenvalue weighted by Gasteiger charge is -2.14. The third-order valence-electron chi connectivity index (χ3n) is 2.49. The quantitative estimate of drug-likeness (QED) is 0.521. The monoisotopic (exact) mass is 374 g/mol. The Balaban J connectivity index is 2.93. The van der Waals surface area contributed by atoms with Gasteiger partial charge in [-0.2, -0.15) is 11.8 Å². The fourth-order valence-electron chi connectivity index (χ4n) is 1.63. The van der Waals surface area contributed by atoms with Crippen LogP contribution in [0.15, 0.2) is 22.7 Å². The highest BCUT2D eigenvalue weighted by molar-refractivity contribution is 9.10. The molecule has 1 aromatic rings.